The van der Waals surface area contributed by atoms with Crippen molar-refractivity contribution in [3.05, 3.63) is 29.8 Å². The average Bonchev–Trinajstić information content (AvgIpc) is 2.63. The molecule has 0 fully saturated rings. The van der Waals surface area contributed by atoms with Gasteiger partial charge in [0.25, 0.3) is 0 Å². The van der Waals surface area contributed by atoms with Gasteiger partial charge in [0.1, 0.15) is 5.60 Å². The number of anilines is 1. The second kappa shape index (κ2) is 7.66. The van der Waals surface area contributed by atoms with Gasteiger partial charge >= 0.3 is 6.09 Å². The number of likely N-dealkylation sites (N-methyl/N-ethyl adjacent to an activating group) is 1. The summed E-state index contributed by atoms with van der Waals surface area (Å²) in [5.41, 5.74) is 1.57. The van der Waals surface area contributed by atoms with Crippen LogP contribution >= 0.6 is 0 Å². The molecule has 132 valence electrons. The lowest BCUT2D eigenvalue weighted by Gasteiger charge is -2.23. The SMILES string of the molecule is CN1CCN(C(=O)CCNC(=O)OC(C)(C)C)c2ccccc2C1. The zero-order chi connectivity index (χ0) is 17.7. The molecule has 0 bridgehead atoms. The Bertz CT molecular complexity index is 595. The number of hydrogen-bond acceptors (Lipinski definition) is 4. The molecule has 24 heavy (non-hydrogen) atoms. The van der Waals surface area contributed by atoms with Crippen LogP contribution in [0.15, 0.2) is 24.3 Å². The molecule has 0 radical (unpaired) electrons. The molecule has 1 aromatic carbocycles. The molecule has 1 aliphatic rings. The van der Waals surface area contributed by atoms with Crippen molar-refractivity contribution in [2.45, 2.75) is 39.3 Å². The normalized spacial score (nSPS) is 15.4. The highest BCUT2D eigenvalue weighted by molar-refractivity contribution is 5.94. The van der Waals surface area contributed by atoms with Gasteiger partial charge in [0.2, 0.25) is 5.91 Å². The van der Waals surface area contributed by atoms with Crippen molar-refractivity contribution in [2.24, 2.45) is 0 Å². The molecule has 1 aliphatic heterocycles. The second-order valence-electron chi connectivity index (χ2n) is 7.09. The number of hydrogen-bond donors (Lipinski definition) is 1. The molecule has 6 nitrogen and oxygen atoms in total. The summed E-state index contributed by atoms with van der Waals surface area (Å²) >= 11 is 0. The van der Waals surface area contributed by atoms with Gasteiger partial charge in [-0.15, -0.1) is 0 Å². The maximum Gasteiger partial charge on any atom is 0.407 e. The van der Waals surface area contributed by atoms with E-state index in [-0.39, 0.29) is 18.9 Å². The summed E-state index contributed by atoms with van der Waals surface area (Å²) in [7, 11) is 2.05. The smallest absolute Gasteiger partial charge is 0.407 e. The highest BCUT2D eigenvalue weighted by Crippen LogP contribution is 2.24. The van der Waals surface area contributed by atoms with Crippen LogP contribution in [0.1, 0.15) is 32.8 Å². The van der Waals surface area contributed by atoms with Crippen LogP contribution in [-0.2, 0) is 16.1 Å². The third-order valence-electron chi connectivity index (χ3n) is 3.74. The third-order valence-corrected chi connectivity index (χ3v) is 3.74. The van der Waals surface area contributed by atoms with Crippen LogP contribution in [0.3, 0.4) is 0 Å². The number of carbonyl (C=O) groups is 2. The summed E-state index contributed by atoms with van der Waals surface area (Å²) in [6, 6.07) is 7.97. The molecule has 0 unspecified atom stereocenters. The van der Waals surface area contributed by atoms with Crippen LogP contribution in [0.5, 0.6) is 0 Å². The van der Waals surface area contributed by atoms with E-state index in [2.05, 4.69) is 23.3 Å². The first-order valence-corrected chi connectivity index (χ1v) is 8.30. The van der Waals surface area contributed by atoms with E-state index in [4.69, 9.17) is 4.74 Å². The van der Waals surface area contributed by atoms with Crippen LogP contribution in [0.4, 0.5) is 10.5 Å². The summed E-state index contributed by atoms with van der Waals surface area (Å²) in [4.78, 5) is 28.3. The molecule has 0 saturated carbocycles. The minimum Gasteiger partial charge on any atom is -0.444 e. The molecule has 1 heterocycles. The Hall–Kier alpha value is -2.08. The average molecular weight is 333 g/mol. The Balaban J connectivity index is 1.94. The second-order valence-corrected chi connectivity index (χ2v) is 7.09. The van der Waals surface area contributed by atoms with Crippen molar-refractivity contribution in [1.82, 2.24) is 10.2 Å². The van der Waals surface area contributed by atoms with Crippen LogP contribution in [0.2, 0.25) is 0 Å². The van der Waals surface area contributed by atoms with E-state index < -0.39 is 11.7 Å². The van der Waals surface area contributed by atoms with Gasteiger partial charge in [-0.2, -0.15) is 0 Å². The number of nitrogens with one attached hydrogen (secondary N) is 1. The van der Waals surface area contributed by atoms with E-state index in [9.17, 15) is 9.59 Å². The van der Waals surface area contributed by atoms with Crippen LogP contribution in [-0.4, -0.2) is 49.2 Å². The number of nitrogens with zero attached hydrogens (tertiary/aromatic N) is 2. The van der Waals surface area contributed by atoms with Gasteiger partial charge < -0.3 is 19.9 Å². The van der Waals surface area contributed by atoms with Crippen LogP contribution in [0, 0.1) is 0 Å². The minimum atomic E-state index is -0.539. The molecule has 2 amide bonds. The monoisotopic (exact) mass is 333 g/mol. The van der Waals surface area contributed by atoms with Gasteiger partial charge in [-0.1, -0.05) is 18.2 Å². The number of amides is 2. The van der Waals surface area contributed by atoms with Crippen molar-refractivity contribution in [2.75, 3.05) is 31.6 Å². The summed E-state index contributed by atoms with van der Waals surface area (Å²) in [6.07, 6.45) is -0.247. The Kier molecular flexibility index (Phi) is 5.83. The zero-order valence-electron chi connectivity index (χ0n) is 15.0. The molecule has 0 atom stereocenters. The molecule has 1 N–H and O–H groups in total. The van der Waals surface area contributed by atoms with Crippen LogP contribution in [0.25, 0.3) is 0 Å². The lowest BCUT2D eigenvalue weighted by Crippen LogP contribution is -2.38. The first-order valence-electron chi connectivity index (χ1n) is 8.30. The van der Waals surface area contributed by atoms with Gasteiger partial charge in [-0.05, 0) is 39.4 Å². The fourth-order valence-corrected chi connectivity index (χ4v) is 2.65. The van der Waals surface area contributed by atoms with Crippen LogP contribution < -0.4 is 10.2 Å². The molecule has 0 aromatic heterocycles. The standard InChI is InChI=1S/C18H27N3O3/c1-18(2,3)24-17(23)19-10-9-16(22)21-12-11-20(4)13-14-7-5-6-8-15(14)21/h5-8H,9-13H2,1-4H3,(H,19,23). The van der Waals surface area contributed by atoms with Crippen molar-refractivity contribution in [3.8, 4) is 0 Å². The Morgan fingerprint density at radius 3 is 2.62 bits per heavy atom. The number of fused-ring (bicyclic) bond motifs is 1. The number of rotatable bonds is 3. The largest absolute Gasteiger partial charge is 0.444 e. The first kappa shape index (κ1) is 18.3. The molecule has 0 aliphatic carbocycles. The highest BCUT2D eigenvalue weighted by atomic mass is 16.6. The maximum absolute atomic E-state index is 12.6. The predicted molar refractivity (Wildman–Crippen MR) is 94.0 cm³/mol. The minimum absolute atomic E-state index is 0.00816. The number of alkyl carbamates (subject to hydrolysis) is 1. The van der Waals surface area contributed by atoms with Gasteiger partial charge in [-0.3, -0.25) is 4.79 Å². The lowest BCUT2D eigenvalue weighted by molar-refractivity contribution is -0.118. The van der Waals surface area contributed by atoms with Gasteiger partial charge in [0.15, 0.2) is 0 Å². The van der Waals surface area contributed by atoms with E-state index in [0.29, 0.717) is 6.54 Å². The van der Waals surface area contributed by atoms with Crippen molar-refractivity contribution < 1.29 is 14.3 Å². The zero-order valence-corrected chi connectivity index (χ0v) is 15.0. The molecule has 0 spiro atoms. The Morgan fingerprint density at radius 1 is 1.21 bits per heavy atom. The summed E-state index contributed by atoms with van der Waals surface area (Å²) in [6.45, 7) is 7.99. The summed E-state index contributed by atoms with van der Waals surface area (Å²) < 4.78 is 5.17. The topological polar surface area (TPSA) is 61.9 Å². The third kappa shape index (κ3) is 5.23. The number of carbonyl (C=O) groups excluding carboxylic acids is 2. The maximum atomic E-state index is 12.6. The molecule has 0 saturated heterocycles. The highest BCUT2D eigenvalue weighted by Gasteiger charge is 2.23. The van der Waals surface area contributed by atoms with Crippen molar-refractivity contribution in [3.63, 3.8) is 0 Å². The Morgan fingerprint density at radius 2 is 1.92 bits per heavy atom. The molecule has 1 aromatic rings. The number of benzene rings is 1. The molecular formula is C18H27N3O3. The molecule has 2 rings (SSSR count). The molecular weight excluding hydrogens is 306 g/mol. The van der Waals surface area contributed by atoms with Gasteiger partial charge in [-0.25, -0.2) is 4.79 Å². The molecule has 6 heteroatoms. The summed E-state index contributed by atoms with van der Waals surface area (Å²) in [5.74, 6) is 0.00816. The van der Waals surface area contributed by atoms with E-state index in [1.54, 1.807) is 0 Å². The van der Waals surface area contributed by atoms with E-state index in [1.807, 2.05) is 43.9 Å². The van der Waals surface area contributed by atoms with Crippen molar-refractivity contribution >= 4 is 17.7 Å². The first-order chi connectivity index (χ1) is 11.3. The quantitative estimate of drug-likeness (QED) is 0.922. The van der Waals surface area contributed by atoms with Gasteiger partial charge in [0, 0.05) is 38.3 Å². The van der Waals surface area contributed by atoms with E-state index in [1.165, 1.54) is 0 Å². The van der Waals surface area contributed by atoms with E-state index in [0.717, 1.165) is 24.3 Å². The van der Waals surface area contributed by atoms with Crippen molar-refractivity contribution in [1.29, 1.82) is 0 Å². The van der Waals surface area contributed by atoms with E-state index >= 15 is 0 Å². The predicted octanol–water partition coefficient (Wildman–Crippen LogP) is 2.38. The fraction of sp³-hybridized carbons (Fsp3) is 0.556. The Labute approximate surface area is 143 Å². The van der Waals surface area contributed by atoms with Gasteiger partial charge in [0.05, 0.1) is 0 Å². The lowest BCUT2D eigenvalue weighted by atomic mass is 10.1. The number of ether oxygens (including phenoxy) is 1. The summed E-state index contributed by atoms with van der Waals surface area (Å²) in [5, 5.41) is 2.64. The number of para-hydroxylation sites is 1. The fourth-order valence-electron chi connectivity index (χ4n) is 2.65.